The number of hydrogen-bond acceptors (Lipinski definition) is 4. The highest BCUT2D eigenvalue weighted by atomic mass is 32.2. The zero-order valence-electron chi connectivity index (χ0n) is 23.0. The molecule has 0 heterocycles. The van der Waals surface area contributed by atoms with Gasteiger partial charge in [-0.2, -0.15) is 0 Å². The van der Waals surface area contributed by atoms with Crippen LogP contribution in [-0.4, -0.2) is 26.1 Å². The zero-order chi connectivity index (χ0) is 28.2. The second-order valence-corrected chi connectivity index (χ2v) is 12.2. The van der Waals surface area contributed by atoms with E-state index in [2.05, 4.69) is 59.9 Å². The van der Waals surface area contributed by atoms with E-state index in [1.807, 2.05) is 0 Å². The van der Waals surface area contributed by atoms with Crippen molar-refractivity contribution in [3.05, 3.63) is 63.5 Å². The van der Waals surface area contributed by atoms with E-state index < -0.39 is 16.1 Å². The number of benzene rings is 2. The summed E-state index contributed by atoms with van der Waals surface area (Å²) in [7, 11) is -4.06. The molecule has 2 rings (SSSR count). The molecule has 0 saturated heterocycles. The molecule has 0 atom stereocenters. The standard InChI is InChI=1S/C28H41N5O4S/c1-5-6-7-8-9-10-13-22-19-21(20-25(26(22)34)28(2,3)4)12-11-18-30-27(35)31-23-14-16-24(17-15-23)38(36,37)33-32-29/h14-17,19-20,34H,5-13,18H2,1-4H3,(H2,30,31,35). The summed E-state index contributed by atoms with van der Waals surface area (Å²) >= 11 is 0. The third-order valence-electron chi connectivity index (χ3n) is 6.34. The van der Waals surface area contributed by atoms with E-state index in [1.165, 1.54) is 56.4 Å². The van der Waals surface area contributed by atoms with Crippen LogP contribution >= 0.6 is 0 Å². The van der Waals surface area contributed by atoms with Gasteiger partial charge in [-0.3, -0.25) is 0 Å². The molecule has 0 unspecified atom stereocenters. The summed E-state index contributed by atoms with van der Waals surface area (Å²) < 4.78 is 26.3. The monoisotopic (exact) mass is 543 g/mol. The molecule has 0 fully saturated rings. The van der Waals surface area contributed by atoms with Crippen LogP contribution in [0.2, 0.25) is 0 Å². The third-order valence-corrected chi connectivity index (χ3v) is 7.49. The highest BCUT2D eigenvalue weighted by molar-refractivity contribution is 7.90. The summed E-state index contributed by atoms with van der Waals surface area (Å²) in [4.78, 5) is 14.4. The fourth-order valence-corrected chi connectivity index (χ4v) is 4.91. The van der Waals surface area contributed by atoms with E-state index in [9.17, 15) is 18.3 Å². The lowest BCUT2D eigenvalue weighted by Gasteiger charge is -2.23. The maximum atomic E-state index is 12.3. The first-order chi connectivity index (χ1) is 18.0. The molecule has 0 aromatic heterocycles. The number of rotatable bonds is 14. The van der Waals surface area contributed by atoms with Gasteiger partial charge in [0, 0.05) is 21.7 Å². The fraction of sp³-hybridized carbons (Fsp3) is 0.536. The highest BCUT2D eigenvalue weighted by Gasteiger charge is 2.21. The first-order valence-electron chi connectivity index (χ1n) is 13.3. The Morgan fingerprint density at radius 3 is 2.29 bits per heavy atom. The van der Waals surface area contributed by atoms with Crippen LogP contribution in [0, 0.1) is 0 Å². The first kappa shape index (κ1) is 31.0. The van der Waals surface area contributed by atoms with Crippen molar-refractivity contribution in [2.75, 3.05) is 11.9 Å². The Bertz CT molecular complexity index is 1220. The van der Waals surface area contributed by atoms with Crippen LogP contribution in [0.15, 0.2) is 45.8 Å². The average molecular weight is 544 g/mol. The predicted molar refractivity (Wildman–Crippen MR) is 152 cm³/mol. The largest absolute Gasteiger partial charge is 0.507 e. The molecule has 0 bridgehead atoms. The number of hydrogen-bond donors (Lipinski definition) is 3. The molecule has 2 aromatic rings. The van der Waals surface area contributed by atoms with Crippen LogP contribution in [-0.2, 0) is 28.3 Å². The summed E-state index contributed by atoms with van der Waals surface area (Å²) in [6.45, 7) is 8.97. The Kier molecular flexibility index (Phi) is 11.9. The Hall–Kier alpha value is -3.23. The molecule has 0 spiro atoms. The van der Waals surface area contributed by atoms with E-state index in [-0.39, 0.29) is 10.3 Å². The SMILES string of the molecule is CCCCCCCCc1cc(CCCNC(=O)Nc2ccc(S(=O)(=O)N=[N+]=[N-])cc2)cc(C(C)(C)C)c1O. The molecule has 2 aromatic carbocycles. The number of aromatic hydroxyl groups is 1. The number of urea groups is 1. The lowest BCUT2D eigenvalue weighted by molar-refractivity contribution is 0.252. The van der Waals surface area contributed by atoms with Crippen LogP contribution in [0.25, 0.3) is 10.4 Å². The Balaban J connectivity index is 1.91. The molecule has 0 aliphatic heterocycles. The van der Waals surface area contributed by atoms with E-state index >= 15 is 0 Å². The molecule has 3 N–H and O–H groups in total. The van der Waals surface area contributed by atoms with Gasteiger partial charge >= 0.3 is 6.03 Å². The second-order valence-electron chi connectivity index (χ2n) is 10.6. The normalized spacial score (nSPS) is 11.6. The maximum Gasteiger partial charge on any atom is 0.319 e. The van der Waals surface area contributed by atoms with Gasteiger partial charge in [0.05, 0.1) is 4.90 Å². The van der Waals surface area contributed by atoms with Gasteiger partial charge in [-0.15, -0.1) is 0 Å². The number of phenols is 1. The van der Waals surface area contributed by atoms with Gasteiger partial charge in [0.15, 0.2) is 0 Å². The molecule has 2 amide bonds. The molecule has 0 radical (unpaired) electrons. The number of unbranched alkanes of at least 4 members (excludes halogenated alkanes) is 5. The van der Waals surface area contributed by atoms with Gasteiger partial charge < -0.3 is 15.7 Å². The lowest BCUT2D eigenvalue weighted by atomic mass is 9.83. The van der Waals surface area contributed by atoms with Gasteiger partial charge in [0.2, 0.25) is 0 Å². The Morgan fingerprint density at radius 1 is 1.00 bits per heavy atom. The minimum absolute atomic E-state index is 0.152. The molecule has 10 heteroatoms. The van der Waals surface area contributed by atoms with Crippen LogP contribution in [0.5, 0.6) is 5.75 Å². The quantitative estimate of drug-likeness (QED) is 0.0990. The molecule has 38 heavy (non-hydrogen) atoms. The number of phenolic OH excluding ortho intramolecular Hbond substituents is 1. The minimum atomic E-state index is -4.06. The van der Waals surface area contributed by atoms with Crippen molar-refractivity contribution in [3.63, 3.8) is 0 Å². The Morgan fingerprint density at radius 2 is 1.66 bits per heavy atom. The van der Waals surface area contributed by atoms with Crippen molar-refractivity contribution >= 4 is 21.7 Å². The second kappa shape index (κ2) is 14.6. The summed E-state index contributed by atoms with van der Waals surface area (Å²) in [6, 6.07) is 9.15. The van der Waals surface area contributed by atoms with Crippen molar-refractivity contribution in [2.24, 2.45) is 4.52 Å². The van der Waals surface area contributed by atoms with E-state index in [1.54, 1.807) is 0 Å². The van der Waals surface area contributed by atoms with Gasteiger partial charge in [-0.1, -0.05) is 71.9 Å². The topological polar surface area (TPSA) is 144 Å². The number of anilines is 1. The molecule has 9 nitrogen and oxygen atoms in total. The van der Waals surface area contributed by atoms with Crippen molar-refractivity contribution in [2.45, 2.75) is 95.8 Å². The smallest absolute Gasteiger partial charge is 0.319 e. The van der Waals surface area contributed by atoms with Crippen LogP contribution in [0.4, 0.5) is 10.5 Å². The molecule has 208 valence electrons. The number of sulfonamides is 1. The number of azide groups is 1. The predicted octanol–water partition coefficient (Wildman–Crippen LogP) is 7.35. The van der Waals surface area contributed by atoms with E-state index in [0.717, 1.165) is 42.4 Å². The number of nitrogens with one attached hydrogen (secondary N) is 2. The van der Waals surface area contributed by atoms with Crippen molar-refractivity contribution in [1.82, 2.24) is 5.32 Å². The maximum absolute atomic E-state index is 12.3. The molecule has 0 aliphatic rings. The molecular formula is C28H41N5O4S. The van der Waals surface area contributed by atoms with Crippen LogP contribution in [0.3, 0.4) is 0 Å². The summed E-state index contributed by atoms with van der Waals surface area (Å²) in [6.07, 6.45) is 9.57. The number of aryl methyl sites for hydroxylation is 2. The average Bonchev–Trinajstić information content (AvgIpc) is 2.85. The van der Waals surface area contributed by atoms with E-state index in [4.69, 9.17) is 5.53 Å². The van der Waals surface area contributed by atoms with Crippen molar-refractivity contribution in [1.29, 1.82) is 0 Å². The van der Waals surface area contributed by atoms with Crippen molar-refractivity contribution < 1.29 is 18.3 Å². The van der Waals surface area contributed by atoms with Crippen LogP contribution in [0.1, 0.15) is 89.3 Å². The minimum Gasteiger partial charge on any atom is -0.507 e. The number of nitrogens with zero attached hydrogens (tertiary/aromatic N) is 3. The first-order valence-corrected chi connectivity index (χ1v) is 14.7. The van der Waals surface area contributed by atoms with Gasteiger partial charge in [-0.25, -0.2) is 13.2 Å². The van der Waals surface area contributed by atoms with E-state index in [0.29, 0.717) is 18.0 Å². The summed E-state index contributed by atoms with van der Waals surface area (Å²) in [5.41, 5.74) is 11.7. The molecule has 0 saturated carbocycles. The summed E-state index contributed by atoms with van der Waals surface area (Å²) in [5.74, 6) is 0.408. The number of carbonyl (C=O) groups is 1. The number of amides is 2. The van der Waals surface area contributed by atoms with Crippen molar-refractivity contribution in [3.8, 4) is 5.75 Å². The number of carbonyl (C=O) groups excluding carboxylic acids is 1. The van der Waals surface area contributed by atoms with Crippen LogP contribution < -0.4 is 10.6 Å². The lowest BCUT2D eigenvalue weighted by Crippen LogP contribution is -2.29. The summed E-state index contributed by atoms with van der Waals surface area (Å²) in [5, 5.41) is 16.4. The van der Waals surface area contributed by atoms with Gasteiger partial charge in [0.1, 0.15) is 5.75 Å². The van der Waals surface area contributed by atoms with Gasteiger partial charge in [-0.05, 0) is 77.6 Å². The highest BCUT2D eigenvalue weighted by Crippen LogP contribution is 2.35. The third kappa shape index (κ3) is 9.91. The van der Waals surface area contributed by atoms with Gasteiger partial charge in [0.25, 0.3) is 10.0 Å². The fourth-order valence-electron chi connectivity index (χ4n) is 4.24. The molecule has 0 aliphatic carbocycles. The zero-order valence-corrected chi connectivity index (χ0v) is 23.8. The molecular weight excluding hydrogens is 502 g/mol. The Labute approximate surface area is 226 Å².